The molecular weight excluding hydrogens is 338 g/mol. The van der Waals surface area contributed by atoms with Gasteiger partial charge in [-0.2, -0.15) is 0 Å². The molecule has 0 aliphatic heterocycles. The van der Waals surface area contributed by atoms with E-state index in [2.05, 4.69) is 37.9 Å². The molecule has 13 heavy (non-hydrogen) atoms. The number of hydrogen-bond donors (Lipinski definition) is 3. The summed E-state index contributed by atoms with van der Waals surface area (Å²) in [6, 6.07) is 0. The van der Waals surface area contributed by atoms with E-state index in [-0.39, 0.29) is 0 Å². The fraction of sp³-hybridized carbons (Fsp3) is 1.00. The monoisotopic (exact) mass is 352 g/mol. The quantitative estimate of drug-likeness (QED) is 0.423. The molecule has 0 saturated heterocycles. The van der Waals surface area contributed by atoms with Crippen LogP contribution >= 0.6 is 37.9 Å². The zero-order valence-corrected chi connectivity index (χ0v) is 12.5. The van der Waals surface area contributed by atoms with Gasteiger partial charge in [-0.15, -0.1) is 0 Å². The number of rotatable bonds is 9. The third kappa shape index (κ3) is 10.0. The molecule has 0 unspecified atom stereocenters. The van der Waals surface area contributed by atoms with Crippen LogP contribution in [0.25, 0.3) is 0 Å². The van der Waals surface area contributed by atoms with Crippen molar-refractivity contribution in [3.8, 4) is 0 Å². The Hall–Kier alpha value is 1.75. The SMILES string of the molecule is SCC[O][Sb]([O]CCS)[O]CCS. The molecule has 0 radical (unpaired) electrons. The molecule has 0 amide bonds. The van der Waals surface area contributed by atoms with Crippen LogP contribution in [0.5, 0.6) is 0 Å². The second-order valence-corrected chi connectivity index (χ2v) is 6.72. The molecule has 80 valence electrons. The second kappa shape index (κ2) is 11.8. The average Bonchev–Trinajstić information content (AvgIpc) is 2.17. The van der Waals surface area contributed by atoms with Gasteiger partial charge >= 0.3 is 105 Å². The molecule has 0 aromatic rings. The predicted molar refractivity (Wildman–Crippen MR) is 65.2 cm³/mol. The third-order valence-electron chi connectivity index (χ3n) is 0.864. The van der Waals surface area contributed by atoms with Crippen molar-refractivity contribution in [2.24, 2.45) is 0 Å². The van der Waals surface area contributed by atoms with Crippen molar-refractivity contribution >= 4 is 59.4 Å². The van der Waals surface area contributed by atoms with Gasteiger partial charge in [-0.1, -0.05) is 0 Å². The van der Waals surface area contributed by atoms with Crippen molar-refractivity contribution in [1.82, 2.24) is 0 Å². The van der Waals surface area contributed by atoms with Crippen LogP contribution in [-0.4, -0.2) is 58.5 Å². The normalized spacial score (nSPS) is 11.1. The molecular formula is C6H15O3S3Sb. The summed E-state index contributed by atoms with van der Waals surface area (Å²) in [6.07, 6.45) is 0. The summed E-state index contributed by atoms with van der Waals surface area (Å²) in [5, 5.41) is 0. The first-order valence-corrected chi connectivity index (χ1v) is 8.89. The molecule has 3 nitrogen and oxygen atoms in total. The zero-order chi connectivity index (χ0) is 9.94. The van der Waals surface area contributed by atoms with Crippen LogP contribution < -0.4 is 0 Å². The van der Waals surface area contributed by atoms with E-state index in [0.717, 1.165) is 0 Å². The van der Waals surface area contributed by atoms with Crippen molar-refractivity contribution in [1.29, 1.82) is 0 Å². The van der Waals surface area contributed by atoms with Crippen LogP contribution in [0.3, 0.4) is 0 Å². The molecule has 0 aliphatic rings. The molecule has 0 bridgehead atoms. The van der Waals surface area contributed by atoms with Gasteiger partial charge in [0.05, 0.1) is 0 Å². The molecule has 7 heteroatoms. The molecule has 0 fully saturated rings. The van der Waals surface area contributed by atoms with E-state index in [1.54, 1.807) is 0 Å². The van der Waals surface area contributed by atoms with E-state index in [0.29, 0.717) is 37.1 Å². The van der Waals surface area contributed by atoms with Crippen molar-refractivity contribution < 1.29 is 9.05 Å². The van der Waals surface area contributed by atoms with Crippen molar-refractivity contribution in [2.75, 3.05) is 37.1 Å². The average molecular weight is 353 g/mol. The minimum absolute atomic E-state index is 0.588. The van der Waals surface area contributed by atoms with Crippen molar-refractivity contribution in [3.05, 3.63) is 0 Å². The van der Waals surface area contributed by atoms with Gasteiger partial charge < -0.3 is 0 Å². The van der Waals surface area contributed by atoms with Crippen LogP contribution in [0.4, 0.5) is 0 Å². The molecule has 0 saturated carbocycles. The molecule has 0 aliphatic carbocycles. The topological polar surface area (TPSA) is 27.7 Å². The van der Waals surface area contributed by atoms with Gasteiger partial charge in [-0.05, 0) is 0 Å². The molecule has 0 rings (SSSR count). The number of hydrogen-bond acceptors (Lipinski definition) is 6. The van der Waals surface area contributed by atoms with Gasteiger partial charge in [0.2, 0.25) is 0 Å². The molecule has 0 spiro atoms. The Labute approximate surface area is 105 Å². The maximum atomic E-state index is 5.39. The summed E-state index contributed by atoms with van der Waals surface area (Å²) >= 11 is 9.76. The van der Waals surface area contributed by atoms with Gasteiger partial charge in [0.1, 0.15) is 0 Å². The van der Waals surface area contributed by atoms with E-state index in [4.69, 9.17) is 9.05 Å². The van der Waals surface area contributed by atoms with E-state index < -0.39 is 21.5 Å². The van der Waals surface area contributed by atoms with Gasteiger partial charge in [-0.3, -0.25) is 0 Å². The summed E-state index contributed by atoms with van der Waals surface area (Å²) in [6.45, 7) is 1.77. The van der Waals surface area contributed by atoms with Gasteiger partial charge in [0.25, 0.3) is 0 Å². The van der Waals surface area contributed by atoms with Gasteiger partial charge in [-0.25, -0.2) is 0 Å². The van der Waals surface area contributed by atoms with Crippen LogP contribution in [0.2, 0.25) is 0 Å². The van der Waals surface area contributed by atoms with E-state index >= 15 is 0 Å². The predicted octanol–water partition coefficient (Wildman–Crippen LogP) is 0.810. The Balaban J connectivity index is 3.47. The summed E-state index contributed by atoms with van der Waals surface area (Å²) in [5.41, 5.74) is 0. The first kappa shape index (κ1) is 14.7. The zero-order valence-electron chi connectivity index (χ0n) is 7.26. The maximum absolute atomic E-state index is 5.39. The Bertz CT molecular complexity index is 90.1. The first-order valence-electron chi connectivity index (χ1n) is 3.86. The molecule has 0 aromatic carbocycles. The first-order chi connectivity index (χ1) is 6.35. The van der Waals surface area contributed by atoms with E-state index in [1.165, 1.54) is 0 Å². The number of thiol groups is 3. The van der Waals surface area contributed by atoms with Crippen molar-refractivity contribution in [2.45, 2.75) is 0 Å². The summed E-state index contributed by atoms with van der Waals surface area (Å²) < 4.78 is 16.2. The fourth-order valence-corrected chi connectivity index (χ4v) is 4.71. The summed E-state index contributed by atoms with van der Waals surface area (Å²) in [5.74, 6) is 2.07. The minimum atomic E-state index is -2.36. The van der Waals surface area contributed by atoms with E-state index in [1.807, 2.05) is 0 Å². The van der Waals surface area contributed by atoms with E-state index in [9.17, 15) is 0 Å². The molecule has 0 atom stereocenters. The van der Waals surface area contributed by atoms with Crippen molar-refractivity contribution in [3.63, 3.8) is 0 Å². The Morgan fingerprint density at radius 3 is 1.23 bits per heavy atom. The fourth-order valence-electron chi connectivity index (χ4n) is 0.458. The van der Waals surface area contributed by atoms with Crippen LogP contribution in [-0.2, 0) is 9.05 Å². The Morgan fingerprint density at radius 2 is 1.00 bits per heavy atom. The summed E-state index contributed by atoms with van der Waals surface area (Å²) in [4.78, 5) is 0. The van der Waals surface area contributed by atoms with Gasteiger partial charge in [0, 0.05) is 0 Å². The van der Waals surface area contributed by atoms with Crippen LogP contribution in [0, 0.1) is 0 Å². The summed E-state index contributed by atoms with van der Waals surface area (Å²) in [7, 11) is 0. The second-order valence-electron chi connectivity index (χ2n) is 1.89. The Morgan fingerprint density at radius 1 is 0.692 bits per heavy atom. The standard InChI is InChI=1S/3C2H5OS.Sb/c3*3-1-2-4;/h3*4H,1-2H2;/q3*-1;+3. The molecule has 0 aromatic heterocycles. The van der Waals surface area contributed by atoms with Crippen LogP contribution in [0.15, 0.2) is 0 Å². The van der Waals surface area contributed by atoms with Crippen LogP contribution in [0.1, 0.15) is 0 Å². The molecule has 0 N–H and O–H groups in total. The Kier molecular flexibility index (Phi) is 13.4. The molecule has 0 heterocycles. The third-order valence-corrected chi connectivity index (χ3v) is 4.78. The van der Waals surface area contributed by atoms with Gasteiger partial charge in [0.15, 0.2) is 0 Å².